The molecule has 2 aliphatic rings. The maximum atomic E-state index is 11.5. The first-order chi connectivity index (χ1) is 12.7. The van der Waals surface area contributed by atoms with E-state index in [1.807, 2.05) is 10.9 Å². The molecule has 1 amide bonds. The summed E-state index contributed by atoms with van der Waals surface area (Å²) in [7, 11) is 0. The minimum Gasteiger partial charge on any atom is -0.365 e. The Labute approximate surface area is 153 Å². The van der Waals surface area contributed by atoms with Gasteiger partial charge in [0.25, 0.3) is 5.91 Å². The number of hydrogen-bond donors (Lipinski definition) is 2. The average molecular weight is 354 g/mol. The second-order valence-electron chi connectivity index (χ2n) is 7.30. The lowest BCUT2D eigenvalue weighted by Crippen LogP contribution is -2.30. The zero-order valence-electron chi connectivity index (χ0n) is 15.0. The SMILES string of the molecule is NC(=O)c1cnn2c1C[C@@H](CNCc1ccc(N3CCCC3)nc1)CC2. The van der Waals surface area contributed by atoms with Crippen LogP contribution in [0, 0.1) is 5.92 Å². The highest BCUT2D eigenvalue weighted by Gasteiger charge is 2.24. The third kappa shape index (κ3) is 3.58. The minimum atomic E-state index is -0.385. The van der Waals surface area contributed by atoms with Crippen LogP contribution in [-0.4, -0.2) is 40.3 Å². The Morgan fingerprint density at radius 3 is 2.81 bits per heavy atom. The van der Waals surface area contributed by atoms with Crippen LogP contribution in [0.2, 0.25) is 0 Å². The molecule has 2 aromatic rings. The zero-order chi connectivity index (χ0) is 17.9. The largest absolute Gasteiger partial charge is 0.365 e. The molecule has 1 atom stereocenters. The van der Waals surface area contributed by atoms with Crippen molar-refractivity contribution in [2.24, 2.45) is 11.7 Å². The molecule has 138 valence electrons. The maximum absolute atomic E-state index is 11.5. The van der Waals surface area contributed by atoms with Gasteiger partial charge in [0.05, 0.1) is 17.5 Å². The molecule has 26 heavy (non-hydrogen) atoms. The summed E-state index contributed by atoms with van der Waals surface area (Å²) in [4.78, 5) is 18.5. The minimum absolute atomic E-state index is 0.385. The van der Waals surface area contributed by atoms with E-state index in [2.05, 4.69) is 32.4 Å². The average Bonchev–Trinajstić information content (AvgIpc) is 3.32. The monoisotopic (exact) mass is 354 g/mol. The summed E-state index contributed by atoms with van der Waals surface area (Å²) in [6, 6.07) is 4.29. The van der Waals surface area contributed by atoms with Crippen molar-refractivity contribution in [3.8, 4) is 0 Å². The Kier molecular flexibility index (Phi) is 4.88. The molecule has 0 spiro atoms. The van der Waals surface area contributed by atoms with Gasteiger partial charge in [-0.1, -0.05) is 6.07 Å². The summed E-state index contributed by atoms with van der Waals surface area (Å²) in [5.74, 6) is 1.20. The van der Waals surface area contributed by atoms with Crippen molar-refractivity contribution in [3.63, 3.8) is 0 Å². The molecular formula is C19H26N6O. The van der Waals surface area contributed by atoms with Crippen molar-refractivity contribution in [2.45, 2.75) is 38.8 Å². The van der Waals surface area contributed by atoms with Gasteiger partial charge in [0, 0.05) is 32.4 Å². The Bertz CT molecular complexity index is 763. The Morgan fingerprint density at radius 2 is 2.08 bits per heavy atom. The van der Waals surface area contributed by atoms with Gasteiger partial charge in [0.2, 0.25) is 0 Å². The number of pyridine rings is 1. The number of fused-ring (bicyclic) bond motifs is 1. The van der Waals surface area contributed by atoms with Crippen LogP contribution in [0.4, 0.5) is 5.82 Å². The fourth-order valence-electron chi connectivity index (χ4n) is 3.95. The third-order valence-electron chi connectivity index (χ3n) is 5.45. The van der Waals surface area contributed by atoms with Crippen molar-refractivity contribution in [1.29, 1.82) is 0 Å². The molecule has 4 rings (SSSR count). The molecule has 0 aromatic carbocycles. The fourth-order valence-corrected chi connectivity index (χ4v) is 3.95. The van der Waals surface area contributed by atoms with Crippen LogP contribution in [0.3, 0.4) is 0 Å². The van der Waals surface area contributed by atoms with Gasteiger partial charge < -0.3 is 16.0 Å². The number of aromatic nitrogens is 3. The highest BCUT2D eigenvalue weighted by molar-refractivity contribution is 5.93. The lowest BCUT2D eigenvalue weighted by Gasteiger charge is -2.24. The number of anilines is 1. The van der Waals surface area contributed by atoms with Gasteiger partial charge >= 0.3 is 0 Å². The number of rotatable bonds is 6. The van der Waals surface area contributed by atoms with Crippen LogP contribution in [0.1, 0.15) is 40.9 Å². The number of nitrogens with one attached hydrogen (secondary N) is 1. The highest BCUT2D eigenvalue weighted by Crippen LogP contribution is 2.22. The van der Waals surface area contributed by atoms with Gasteiger partial charge in [0.15, 0.2) is 0 Å². The number of primary amides is 1. The van der Waals surface area contributed by atoms with Crippen LogP contribution in [0.25, 0.3) is 0 Å². The summed E-state index contributed by atoms with van der Waals surface area (Å²) >= 11 is 0. The van der Waals surface area contributed by atoms with Gasteiger partial charge in [-0.25, -0.2) is 4.98 Å². The topological polar surface area (TPSA) is 89.1 Å². The molecule has 7 heteroatoms. The van der Waals surface area contributed by atoms with Gasteiger partial charge in [-0.05, 0) is 49.8 Å². The molecule has 7 nitrogen and oxygen atoms in total. The normalized spacial score (nSPS) is 19.5. The lowest BCUT2D eigenvalue weighted by atomic mass is 9.94. The van der Waals surface area contributed by atoms with E-state index in [-0.39, 0.29) is 5.91 Å². The summed E-state index contributed by atoms with van der Waals surface area (Å²) < 4.78 is 1.91. The molecule has 1 fully saturated rings. The van der Waals surface area contributed by atoms with Crippen molar-refractivity contribution >= 4 is 11.7 Å². The zero-order valence-corrected chi connectivity index (χ0v) is 15.0. The molecule has 0 unspecified atom stereocenters. The predicted molar refractivity (Wildman–Crippen MR) is 99.9 cm³/mol. The Balaban J connectivity index is 1.28. The Morgan fingerprint density at radius 1 is 1.23 bits per heavy atom. The second kappa shape index (κ2) is 7.45. The standard InChI is InChI=1S/C19H26N6O/c20-19(26)16-13-23-25-8-5-14(9-17(16)25)10-21-11-15-3-4-18(22-12-15)24-6-1-2-7-24/h3-4,12-14,21H,1-2,5-11H2,(H2,20,26)/t14-/m0/s1. The third-order valence-corrected chi connectivity index (χ3v) is 5.45. The molecular weight excluding hydrogens is 328 g/mol. The quantitative estimate of drug-likeness (QED) is 0.817. The van der Waals surface area contributed by atoms with Crippen LogP contribution in [0.15, 0.2) is 24.5 Å². The molecule has 0 aliphatic carbocycles. The van der Waals surface area contributed by atoms with Gasteiger partial charge in [0.1, 0.15) is 5.82 Å². The van der Waals surface area contributed by atoms with Crippen molar-refractivity contribution in [1.82, 2.24) is 20.1 Å². The molecule has 0 bridgehead atoms. The number of carbonyl (C=O) groups excluding carboxylic acids is 1. The Hall–Kier alpha value is -2.41. The highest BCUT2D eigenvalue weighted by atomic mass is 16.1. The smallest absolute Gasteiger partial charge is 0.252 e. The second-order valence-corrected chi connectivity index (χ2v) is 7.30. The van der Waals surface area contributed by atoms with E-state index in [0.29, 0.717) is 11.5 Å². The van der Waals surface area contributed by atoms with Gasteiger partial charge in [-0.15, -0.1) is 0 Å². The first-order valence-corrected chi connectivity index (χ1v) is 9.46. The van der Waals surface area contributed by atoms with E-state index < -0.39 is 0 Å². The molecule has 4 heterocycles. The maximum Gasteiger partial charge on any atom is 0.252 e. The lowest BCUT2D eigenvalue weighted by molar-refractivity contribution is 0.0998. The van der Waals surface area contributed by atoms with E-state index in [1.54, 1.807) is 6.20 Å². The number of hydrogen-bond acceptors (Lipinski definition) is 5. The number of nitrogens with zero attached hydrogens (tertiary/aromatic N) is 4. The predicted octanol–water partition coefficient (Wildman–Crippen LogP) is 1.33. The number of carbonyl (C=O) groups is 1. The molecule has 1 saturated heterocycles. The van der Waals surface area contributed by atoms with Crippen molar-refractivity contribution in [3.05, 3.63) is 41.3 Å². The van der Waals surface area contributed by atoms with E-state index >= 15 is 0 Å². The van der Waals surface area contributed by atoms with E-state index in [9.17, 15) is 4.79 Å². The van der Waals surface area contributed by atoms with Crippen molar-refractivity contribution in [2.75, 3.05) is 24.5 Å². The van der Waals surface area contributed by atoms with Crippen LogP contribution in [-0.2, 0) is 19.5 Å². The molecule has 0 saturated carbocycles. The first-order valence-electron chi connectivity index (χ1n) is 9.46. The summed E-state index contributed by atoms with van der Waals surface area (Å²) in [6.07, 6.45) is 8.01. The van der Waals surface area contributed by atoms with E-state index in [0.717, 1.165) is 57.1 Å². The molecule has 2 aromatic heterocycles. The van der Waals surface area contributed by atoms with Gasteiger partial charge in [-0.3, -0.25) is 9.48 Å². The summed E-state index contributed by atoms with van der Waals surface area (Å²) in [5, 5.41) is 7.80. The molecule has 0 radical (unpaired) electrons. The van der Waals surface area contributed by atoms with E-state index in [1.165, 1.54) is 18.4 Å². The van der Waals surface area contributed by atoms with E-state index in [4.69, 9.17) is 5.73 Å². The van der Waals surface area contributed by atoms with Crippen LogP contribution < -0.4 is 16.0 Å². The molecule has 3 N–H and O–H groups in total. The van der Waals surface area contributed by atoms with Gasteiger partial charge in [-0.2, -0.15) is 5.10 Å². The number of amides is 1. The first kappa shape index (κ1) is 17.0. The summed E-state index contributed by atoms with van der Waals surface area (Å²) in [5.41, 5.74) is 8.19. The summed E-state index contributed by atoms with van der Waals surface area (Å²) in [6.45, 7) is 4.82. The number of nitrogens with two attached hydrogens (primary N) is 1. The van der Waals surface area contributed by atoms with Crippen LogP contribution in [0.5, 0.6) is 0 Å². The number of aryl methyl sites for hydroxylation is 1. The van der Waals surface area contributed by atoms with Crippen molar-refractivity contribution < 1.29 is 4.79 Å². The van der Waals surface area contributed by atoms with Crippen LogP contribution >= 0.6 is 0 Å². The molecule has 2 aliphatic heterocycles. The fraction of sp³-hybridized carbons (Fsp3) is 0.526.